The summed E-state index contributed by atoms with van der Waals surface area (Å²) in [6.07, 6.45) is 3.51. The van der Waals surface area contributed by atoms with Crippen molar-refractivity contribution in [2.24, 2.45) is 5.92 Å². The fourth-order valence-corrected chi connectivity index (χ4v) is 2.91. The van der Waals surface area contributed by atoms with E-state index in [-0.39, 0.29) is 0 Å². The Bertz CT molecular complexity index is 403. The van der Waals surface area contributed by atoms with Crippen molar-refractivity contribution in [3.05, 3.63) is 34.3 Å². The molecule has 1 aromatic carbocycles. The van der Waals surface area contributed by atoms with Gasteiger partial charge in [0, 0.05) is 4.47 Å². The zero-order valence-corrected chi connectivity index (χ0v) is 11.5. The molecule has 0 aliphatic heterocycles. The number of rotatable bonds is 2. The van der Waals surface area contributed by atoms with Gasteiger partial charge in [0.2, 0.25) is 0 Å². The Balaban J connectivity index is 2.35. The summed E-state index contributed by atoms with van der Waals surface area (Å²) in [6.45, 7) is 2.20. The van der Waals surface area contributed by atoms with Crippen molar-refractivity contribution in [3.63, 3.8) is 0 Å². The van der Waals surface area contributed by atoms with Gasteiger partial charge in [0.25, 0.3) is 0 Å². The van der Waals surface area contributed by atoms with E-state index in [9.17, 15) is 9.90 Å². The average molecular weight is 297 g/mol. The first-order valence-electron chi connectivity index (χ1n) is 6.04. The second-order valence-corrected chi connectivity index (χ2v) is 5.99. The van der Waals surface area contributed by atoms with E-state index in [1.165, 1.54) is 0 Å². The van der Waals surface area contributed by atoms with Gasteiger partial charge in [0.05, 0.1) is 5.41 Å². The van der Waals surface area contributed by atoms with Crippen LogP contribution in [0.15, 0.2) is 28.7 Å². The van der Waals surface area contributed by atoms with Crippen LogP contribution in [0.2, 0.25) is 0 Å². The molecule has 0 amide bonds. The van der Waals surface area contributed by atoms with Crippen LogP contribution in [-0.4, -0.2) is 11.1 Å². The van der Waals surface area contributed by atoms with E-state index in [4.69, 9.17) is 0 Å². The van der Waals surface area contributed by atoms with Crippen molar-refractivity contribution < 1.29 is 9.90 Å². The molecule has 0 radical (unpaired) electrons. The molecule has 2 nitrogen and oxygen atoms in total. The Labute approximate surface area is 110 Å². The maximum Gasteiger partial charge on any atom is 0.314 e. The molecule has 0 unspecified atom stereocenters. The molecule has 1 saturated carbocycles. The number of benzene rings is 1. The molecular formula is C14H17BrO2. The summed E-state index contributed by atoms with van der Waals surface area (Å²) in [4.78, 5) is 11.7. The highest BCUT2D eigenvalue weighted by Gasteiger charge is 2.42. The molecule has 0 bridgehead atoms. The predicted molar refractivity (Wildman–Crippen MR) is 71.1 cm³/mol. The summed E-state index contributed by atoms with van der Waals surface area (Å²) in [6, 6.07) is 7.73. The van der Waals surface area contributed by atoms with E-state index in [2.05, 4.69) is 22.9 Å². The van der Waals surface area contributed by atoms with Crippen LogP contribution < -0.4 is 0 Å². The largest absolute Gasteiger partial charge is 0.481 e. The molecular weight excluding hydrogens is 280 g/mol. The van der Waals surface area contributed by atoms with Crippen LogP contribution in [0, 0.1) is 5.92 Å². The third-order valence-corrected chi connectivity index (χ3v) is 4.46. The van der Waals surface area contributed by atoms with Gasteiger partial charge in [-0.15, -0.1) is 0 Å². The standard InChI is InChI=1S/C14H17BrO2/c1-10-6-8-14(9-7-10,13(16)17)11-2-4-12(15)5-3-11/h2-5,10H,6-9H2,1H3,(H,16,17). The maximum atomic E-state index is 11.7. The number of hydrogen-bond donors (Lipinski definition) is 1. The second-order valence-electron chi connectivity index (χ2n) is 5.08. The van der Waals surface area contributed by atoms with Gasteiger partial charge in [-0.2, -0.15) is 0 Å². The van der Waals surface area contributed by atoms with Crippen molar-refractivity contribution in [1.29, 1.82) is 0 Å². The fourth-order valence-electron chi connectivity index (χ4n) is 2.65. The highest BCUT2D eigenvalue weighted by atomic mass is 79.9. The van der Waals surface area contributed by atoms with Crippen molar-refractivity contribution in [2.45, 2.75) is 38.0 Å². The summed E-state index contributed by atoms with van der Waals surface area (Å²) in [5.41, 5.74) is 0.285. The van der Waals surface area contributed by atoms with Gasteiger partial charge in [-0.3, -0.25) is 4.79 Å². The summed E-state index contributed by atoms with van der Waals surface area (Å²) < 4.78 is 0.992. The van der Waals surface area contributed by atoms with Gasteiger partial charge in [-0.25, -0.2) is 0 Å². The van der Waals surface area contributed by atoms with Gasteiger partial charge in [-0.05, 0) is 49.3 Å². The lowest BCUT2D eigenvalue weighted by atomic mass is 9.67. The SMILES string of the molecule is CC1CCC(C(=O)O)(c2ccc(Br)cc2)CC1. The van der Waals surface area contributed by atoms with Crippen molar-refractivity contribution >= 4 is 21.9 Å². The third-order valence-electron chi connectivity index (χ3n) is 3.93. The molecule has 1 fully saturated rings. The maximum absolute atomic E-state index is 11.7. The Hall–Kier alpha value is -0.830. The van der Waals surface area contributed by atoms with Crippen LogP contribution in [-0.2, 0) is 10.2 Å². The molecule has 17 heavy (non-hydrogen) atoms. The Morgan fingerprint density at radius 2 is 1.82 bits per heavy atom. The van der Waals surface area contributed by atoms with Crippen LogP contribution in [0.4, 0.5) is 0 Å². The van der Waals surface area contributed by atoms with Crippen molar-refractivity contribution in [3.8, 4) is 0 Å². The lowest BCUT2D eigenvalue weighted by molar-refractivity contribution is -0.145. The van der Waals surface area contributed by atoms with Crippen molar-refractivity contribution in [1.82, 2.24) is 0 Å². The quantitative estimate of drug-likeness (QED) is 0.896. The third kappa shape index (κ3) is 2.39. The first-order chi connectivity index (χ1) is 8.04. The monoisotopic (exact) mass is 296 g/mol. The summed E-state index contributed by atoms with van der Waals surface area (Å²) in [5, 5.41) is 9.59. The molecule has 0 heterocycles. The van der Waals surface area contributed by atoms with E-state index < -0.39 is 11.4 Å². The highest BCUT2D eigenvalue weighted by Crippen LogP contribution is 2.42. The zero-order chi connectivity index (χ0) is 12.5. The van der Waals surface area contributed by atoms with E-state index in [0.29, 0.717) is 5.92 Å². The summed E-state index contributed by atoms with van der Waals surface area (Å²) in [5.74, 6) is -0.0235. The molecule has 0 saturated heterocycles. The molecule has 0 aromatic heterocycles. The lowest BCUT2D eigenvalue weighted by Crippen LogP contribution is -2.39. The minimum Gasteiger partial charge on any atom is -0.481 e. The normalized spacial score (nSPS) is 28.9. The van der Waals surface area contributed by atoms with Crippen LogP contribution >= 0.6 is 15.9 Å². The smallest absolute Gasteiger partial charge is 0.314 e. The first kappa shape index (κ1) is 12.6. The summed E-state index contributed by atoms with van der Waals surface area (Å²) >= 11 is 3.39. The molecule has 1 aromatic rings. The van der Waals surface area contributed by atoms with Crippen molar-refractivity contribution in [2.75, 3.05) is 0 Å². The number of aliphatic carboxylic acids is 1. The molecule has 1 aliphatic carbocycles. The fraction of sp³-hybridized carbons (Fsp3) is 0.500. The molecule has 2 rings (SSSR count). The second kappa shape index (κ2) is 4.81. The van der Waals surface area contributed by atoms with E-state index in [0.717, 1.165) is 35.7 Å². The van der Waals surface area contributed by atoms with Gasteiger partial charge in [-0.1, -0.05) is 35.0 Å². The van der Waals surface area contributed by atoms with E-state index in [1.807, 2.05) is 24.3 Å². The van der Waals surface area contributed by atoms with E-state index in [1.54, 1.807) is 0 Å². The zero-order valence-electron chi connectivity index (χ0n) is 9.95. The van der Waals surface area contributed by atoms with Crippen LogP contribution in [0.25, 0.3) is 0 Å². The van der Waals surface area contributed by atoms with Gasteiger partial charge in [0.15, 0.2) is 0 Å². The Kier molecular flexibility index (Phi) is 3.57. The number of carboxylic acid groups (broad SMARTS) is 1. The minimum absolute atomic E-state index is 0.651. The molecule has 0 atom stereocenters. The Morgan fingerprint density at radius 1 is 1.29 bits per heavy atom. The molecule has 1 N–H and O–H groups in total. The first-order valence-corrected chi connectivity index (χ1v) is 6.83. The Morgan fingerprint density at radius 3 is 2.29 bits per heavy atom. The van der Waals surface area contributed by atoms with Gasteiger partial charge < -0.3 is 5.11 Å². The molecule has 1 aliphatic rings. The lowest BCUT2D eigenvalue weighted by Gasteiger charge is -2.36. The van der Waals surface area contributed by atoms with Gasteiger partial charge >= 0.3 is 5.97 Å². The minimum atomic E-state index is -0.674. The van der Waals surface area contributed by atoms with Crippen LogP contribution in [0.1, 0.15) is 38.2 Å². The number of hydrogen-bond acceptors (Lipinski definition) is 1. The molecule has 0 spiro atoms. The van der Waals surface area contributed by atoms with Crippen LogP contribution in [0.5, 0.6) is 0 Å². The topological polar surface area (TPSA) is 37.3 Å². The highest BCUT2D eigenvalue weighted by molar-refractivity contribution is 9.10. The molecule has 92 valence electrons. The molecule has 3 heteroatoms. The number of carbonyl (C=O) groups is 1. The van der Waals surface area contributed by atoms with E-state index >= 15 is 0 Å². The summed E-state index contributed by atoms with van der Waals surface area (Å²) in [7, 11) is 0. The number of carboxylic acids is 1. The van der Waals surface area contributed by atoms with Gasteiger partial charge in [0.1, 0.15) is 0 Å². The van der Waals surface area contributed by atoms with Crippen LogP contribution in [0.3, 0.4) is 0 Å². The predicted octanol–water partition coefficient (Wildman–Crippen LogP) is 3.98. The average Bonchev–Trinajstić information content (AvgIpc) is 2.31. The number of halogens is 1.